The highest BCUT2D eigenvalue weighted by Gasteiger charge is 2.45. The lowest BCUT2D eigenvalue weighted by atomic mass is 9.91. The molecule has 31 heavy (non-hydrogen) atoms. The molecule has 0 radical (unpaired) electrons. The normalized spacial score (nSPS) is 24.7. The molecular weight excluding hydrogens is 400 g/mol. The number of hydrogen-bond donors (Lipinski definition) is 2. The van der Waals surface area contributed by atoms with E-state index in [1.54, 1.807) is 31.9 Å². The average Bonchev–Trinajstić information content (AvgIpc) is 3.18. The highest BCUT2D eigenvalue weighted by molar-refractivity contribution is 6.06. The van der Waals surface area contributed by atoms with Crippen LogP contribution in [0.5, 0.6) is 5.75 Å². The third kappa shape index (κ3) is 3.84. The quantitative estimate of drug-likeness (QED) is 0.698. The second-order valence-corrected chi connectivity index (χ2v) is 9.08. The van der Waals surface area contributed by atoms with Gasteiger partial charge in [0, 0.05) is 31.6 Å². The number of nitrogens with one attached hydrogen (secondary N) is 2. The van der Waals surface area contributed by atoms with E-state index in [0.29, 0.717) is 30.8 Å². The summed E-state index contributed by atoms with van der Waals surface area (Å²) < 4.78 is 5.24. The number of benzene rings is 1. The summed E-state index contributed by atoms with van der Waals surface area (Å²) in [6, 6.07) is 5.06. The lowest BCUT2D eigenvalue weighted by Gasteiger charge is -2.29. The molecule has 2 fully saturated rings. The Kier molecular flexibility index (Phi) is 5.15. The third-order valence-corrected chi connectivity index (χ3v) is 6.51. The molecule has 1 aromatic rings. The fourth-order valence-corrected chi connectivity index (χ4v) is 4.63. The van der Waals surface area contributed by atoms with E-state index in [4.69, 9.17) is 4.74 Å². The number of likely N-dealkylation sites (tertiary alicyclic amines) is 1. The van der Waals surface area contributed by atoms with Crippen molar-refractivity contribution in [1.82, 2.24) is 20.4 Å². The van der Waals surface area contributed by atoms with Gasteiger partial charge in [-0.15, -0.1) is 0 Å². The van der Waals surface area contributed by atoms with Crippen LogP contribution in [-0.4, -0.2) is 71.4 Å². The molecule has 166 valence electrons. The van der Waals surface area contributed by atoms with Gasteiger partial charge in [-0.05, 0) is 50.8 Å². The molecule has 5 amide bonds. The van der Waals surface area contributed by atoms with E-state index in [1.807, 2.05) is 12.1 Å². The molecule has 0 unspecified atom stereocenters. The number of hydrogen-bond acceptors (Lipinski definition) is 5. The lowest BCUT2D eigenvalue weighted by Crippen LogP contribution is -2.50. The van der Waals surface area contributed by atoms with E-state index >= 15 is 0 Å². The number of carbonyl (C=O) groups excluding carboxylic acids is 4. The fourth-order valence-electron chi connectivity index (χ4n) is 4.63. The van der Waals surface area contributed by atoms with E-state index in [9.17, 15) is 19.2 Å². The van der Waals surface area contributed by atoms with Gasteiger partial charge in [0.25, 0.3) is 11.8 Å². The number of urea groups is 1. The summed E-state index contributed by atoms with van der Waals surface area (Å²) in [5, 5.41) is 5.77. The summed E-state index contributed by atoms with van der Waals surface area (Å²) >= 11 is 0. The Balaban J connectivity index is 1.39. The van der Waals surface area contributed by atoms with Crippen molar-refractivity contribution in [3.05, 3.63) is 29.3 Å². The van der Waals surface area contributed by atoms with Crippen LogP contribution in [0.25, 0.3) is 0 Å². The van der Waals surface area contributed by atoms with Gasteiger partial charge in [0.05, 0.1) is 12.6 Å². The molecule has 3 aliphatic heterocycles. The highest BCUT2D eigenvalue weighted by atomic mass is 16.5. The Bertz CT molecular complexity index is 959. The molecule has 0 bridgehead atoms. The maximum atomic E-state index is 12.9. The predicted molar refractivity (Wildman–Crippen MR) is 112 cm³/mol. The Morgan fingerprint density at radius 2 is 1.94 bits per heavy atom. The number of rotatable bonds is 4. The molecule has 1 spiro atoms. The first-order valence-electron chi connectivity index (χ1n) is 10.6. The summed E-state index contributed by atoms with van der Waals surface area (Å²) in [6.07, 6.45) is 2.21. The average molecular weight is 428 g/mol. The van der Waals surface area contributed by atoms with E-state index in [2.05, 4.69) is 10.6 Å². The SMILES string of the molecule is COc1ccc2c(c1)C(=O)N[C@]1(CC2)CCN(C(=O)CCN2C(=O)NC(C)(C)C2=O)C1. The number of imide groups is 1. The molecule has 2 saturated heterocycles. The highest BCUT2D eigenvalue weighted by Crippen LogP contribution is 2.32. The first-order chi connectivity index (χ1) is 14.6. The second kappa shape index (κ2) is 7.55. The number of carbonyl (C=O) groups is 4. The topological polar surface area (TPSA) is 108 Å². The van der Waals surface area contributed by atoms with Crippen molar-refractivity contribution in [1.29, 1.82) is 0 Å². The maximum absolute atomic E-state index is 12.9. The molecule has 9 heteroatoms. The molecule has 2 N–H and O–H groups in total. The van der Waals surface area contributed by atoms with E-state index < -0.39 is 17.1 Å². The van der Waals surface area contributed by atoms with Crippen LogP contribution in [0.15, 0.2) is 18.2 Å². The summed E-state index contributed by atoms with van der Waals surface area (Å²) in [6.45, 7) is 4.29. The van der Waals surface area contributed by atoms with Crippen LogP contribution < -0.4 is 15.4 Å². The van der Waals surface area contributed by atoms with E-state index in [-0.39, 0.29) is 30.7 Å². The van der Waals surface area contributed by atoms with Gasteiger partial charge in [0.1, 0.15) is 11.3 Å². The molecule has 4 rings (SSSR count). The number of methoxy groups -OCH3 is 1. The number of nitrogens with zero attached hydrogens (tertiary/aromatic N) is 2. The Morgan fingerprint density at radius 3 is 2.61 bits per heavy atom. The van der Waals surface area contributed by atoms with Gasteiger partial charge in [-0.3, -0.25) is 19.3 Å². The fraction of sp³-hybridized carbons (Fsp3) is 0.545. The number of ether oxygens (including phenoxy) is 1. The number of aryl methyl sites for hydroxylation is 1. The van der Waals surface area contributed by atoms with E-state index in [0.717, 1.165) is 23.3 Å². The van der Waals surface area contributed by atoms with Gasteiger partial charge in [-0.2, -0.15) is 0 Å². The largest absolute Gasteiger partial charge is 0.497 e. The smallest absolute Gasteiger partial charge is 0.325 e. The Morgan fingerprint density at radius 1 is 1.16 bits per heavy atom. The zero-order chi connectivity index (χ0) is 22.4. The van der Waals surface area contributed by atoms with Crippen molar-refractivity contribution < 1.29 is 23.9 Å². The molecule has 0 saturated carbocycles. The molecule has 0 aliphatic carbocycles. The van der Waals surface area contributed by atoms with Crippen LogP contribution in [0.1, 0.15) is 49.0 Å². The van der Waals surface area contributed by atoms with Gasteiger partial charge < -0.3 is 20.3 Å². The Hall–Kier alpha value is -3.10. The van der Waals surface area contributed by atoms with Gasteiger partial charge in [0.2, 0.25) is 5.91 Å². The summed E-state index contributed by atoms with van der Waals surface area (Å²) in [4.78, 5) is 52.8. The monoisotopic (exact) mass is 428 g/mol. The van der Waals surface area contributed by atoms with Crippen LogP contribution in [0.2, 0.25) is 0 Å². The van der Waals surface area contributed by atoms with Crippen molar-refractivity contribution in [3.8, 4) is 5.75 Å². The van der Waals surface area contributed by atoms with Crippen molar-refractivity contribution in [3.63, 3.8) is 0 Å². The van der Waals surface area contributed by atoms with Crippen LogP contribution in [0.4, 0.5) is 4.79 Å². The van der Waals surface area contributed by atoms with Gasteiger partial charge in [-0.1, -0.05) is 6.07 Å². The first-order valence-corrected chi connectivity index (χ1v) is 10.6. The van der Waals surface area contributed by atoms with Crippen molar-refractivity contribution in [2.24, 2.45) is 0 Å². The van der Waals surface area contributed by atoms with E-state index in [1.165, 1.54) is 0 Å². The minimum atomic E-state index is -0.944. The number of fused-ring (bicyclic) bond motifs is 1. The van der Waals surface area contributed by atoms with Crippen LogP contribution in [-0.2, 0) is 16.0 Å². The van der Waals surface area contributed by atoms with Gasteiger partial charge >= 0.3 is 6.03 Å². The summed E-state index contributed by atoms with van der Waals surface area (Å²) in [7, 11) is 1.57. The van der Waals surface area contributed by atoms with Crippen molar-refractivity contribution in [2.45, 2.75) is 50.6 Å². The van der Waals surface area contributed by atoms with Crippen LogP contribution >= 0.6 is 0 Å². The van der Waals surface area contributed by atoms with Crippen molar-refractivity contribution >= 4 is 23.8 Å². The standard InChI is InChI=1S/C22H28N4O5/c1-21(2)19(29)26(20(30)24-21)10-7-17(27)25-11-9-22(13-25)8-6-14-4-5-15(31-3)12-16(14)18(28)23-22/h4-5,12H,6-11,13H2,1-3H3,(H,23,28)(H,24,30)/t22-/m1/s1. The predicted octanol–water partition coefficient (Wildman–Crippen LogP) is 1.06. The molecule has 0 aromatic heterocycles. The molecular formula is C22H28N4O5. The summed E-state index contributed by atoms with van der Waals surface area (Å²) in [5.74, 6) is 0.0336. The van der Waals surface area contributed by atoms with Gasteiger partial charge in [-0.25, -0.2) is 4.79 Å². The molecule has 1 atom stereocenters. The minimum Gasteiger partial charge on any atom is -0.497 e. The molecule has 3 heterocycles. The zero-order valence-corrected chi connectivity index (χ0v) is 18.1. The maximum Gasteiger partial charge on any atom is 0.325 e. The number of amides is 5. The van der Waals surface area contributed by atoms with Crippen molar-refractivity contribution in [2.75, 3.05) is 26.7 Å². The first kappa shape index (κ1) is 21.1. The second-order valence-electron chi connectivity index (χ2n) is 9.08. The zero-order valence-electron chi connectivity index (χ0n) is 18.1. The van der Waals surface area contributed by atoms with Crippen LogP contribution in [0, 0.1) is 0 Å². The lowest BCUT2D eigenvalue weighted by molar-refractivity contribution is -0.132. The third-order valence-electron chi connectivity index (χ3n) is 6.51. The molecule has 9 nitrogen and oxygen atoms in total. The van der Waals surface area contributed by atoms with Gasteiger partial charge in [0.15, 0.2) is 0 Å². The summed E-state index contributed by atoms with van der Waals surface area (Å²) in [5.41, 5.74) is 0.172. The molecule has 1 aromatic carbocycles. The Labute approximate surface area is 181 Å². The molecule has 3 aliphatic rings. The minimum absolute atomic E-state index is 0.0496. The van der Waals surface area contributed by atoms with Crippen LogP contribution in [0.3, 0.4) is 0 Å².